The zero-order valence-electron chi connectivity index (χ0n) is 10.9. The molecule has 1 amide bonds. The Balaban J connectivity index is 2.30. The number of nitrogens with two attached hydrogens (primary N) is 1. The number of rotatable bonds is 3. The summed E-state index contributed by atoms with van der Waals surface area (Å²) in [5.74, 6) is -0.572. The number of nitriles is 1. The van der Waals surface area contributed by atoms with E-state index in [4.69, 9.17) is 10.4 Å². The fourth-order valence-electron chi connectivity index (χ4n) is 2.31. The third-order valence-corrected chi connectivity index (χ3v) is 4.12. The van der Waals surface area contributed by atoms with E-state index in [-0.39, 0.29) is 36.4 Å². The number of primary sulfonamides is 1. The molecule has 7 nitrogen and oxygen atoms in total. The molecule has 20 heavy (non-hydrogen) atoms. The molecule has 1 saturated heterocycles. The highest BCUT2D eigenvalue weighted by Gasteiger charge is 2.34. The van der Waals surface area contributed by atoms with Crippen LogP contribution in [0.2, 0.25) is 0 Å². The summed E-state index contributed by atoms with van der Waals surface area (Å²) >= 11 is 0. The number of pyridine rings is 1. The number of aromatic nitrogens is 1. The molecule has 2 rings (SSSR count). The van der Waals surface area contributed by atoms with E-state index >= 15 is 0 Å². The number of amides is 1. The van der Waals surface area contributed by atoms with Gasteiger partial charge in [0.05, 0.1) is 11.3 Å². The fraction of sp³-hybridized carbons (Fsp3) is 0.417. The summed E-state index contributed by atoms with van der Waals surface area (Å²) < 4.78 is 22.2. The van der Waals surface area contributed by atoms with Gasteiger partial charge in [0.2, 0.25) is 15.9 Å². The molecule has 106 valence electrons. The number of carbonyl (C=O) groups is 1. The second-order valence-corrected chi connectivity index (χ2v) is 6.50. The van der Waals surface area contributed by atoms with Crippen molar-refractivity contribution < 1.29 is 13.2 Å². The van der Waals surface area contributed by atoms with Crippen LogP contribution in [-0.4, -0.2) is 31.6 Å². The predicted octanol–water partition coefficient (Wildman–Crippen LogP) is -0.0969. The fourth-order valence-corrected chi connectivity index (χ4v) is 3.19. The van der Waals surface area contributed by atoms with E-state index in [2.05, 4.69) is 4.98 Å². The molecule has 0 bridgehead atoms. The maximum atomic E-state index is 12.0. The van der Waals surface area contributed by atoms with E-state index in [9.17, 15) is 13.2 Å². The third-order valence-electron chi connectivity index (χ3n) is 3.18. The van der Waals surface area contributed by atoms with Crippen molar-refractivity contribution in [2.24, 2.45) is 11.1 Å². The van der Waals surface area contributed by atoms with Gasteiger partial charge in [-0.1, -0.05) is 0 Å². The van der Waals surface area contributed by atoms with Gasteiger partial charge in [-0.05, 0) is 18.6 Å². The molecule has 0 spiro atoms. The summed E-state index contributed by atoms with van der Waals surface area (Å²) in [6.45, 7) is 1.96. The molecule has 1 aromatic heterocycles. The minimum atomic E-state index is -3.62. The van der Waals surface area contributed by atoms with E-state index in [1.807, 2.05) is 6.07 Å². The topological polar surface area (TPSA) is 117 Å². The average molecular weight is 294 g/mol. The molecule has 8 heteroatoms. The Labute approximate surface area is 117 Å². The minimum Gasteiger partial charge on any atom is -0.295 e. The summed E-state index contributed by atoms with van der Waals surface area (Å²) in [5.41, 5.74) is 1.05. The molecule has 0 saturated carbocycles. The van der Waals surface area contributed by atoms with Crippen molar-refractivity contribution in [3.05, 3.63) is 23.4 Å². The number of sulfonamides is 1. The van der Waals surface area contributed by atoms with Crippen molar-refractivity contribution in [3.63, 3.8) is 0 Å². The Bertz CT molecular complexity index is 693. The third kappa shape index (κ3) is 2.95. The lowest BCUT2D eigenvalue weighted by molar-refractivity contribution is -0.117. The van der Waals surface area contributed by atoms with Crippen LogP contribution in [0.25, 0.3) is 0 Å². The number of anilines is 1. The molecule has 1 atom stereocenters. The van der Waals surface area contributed by atoms with Crippen LogP contribution in [-0.2, 0) is 14.8 Å². The Kier molecular flexibility index (Phi) is 3.74. The van der Waals surface area contributed by atoms with Gasteiger partial charge in [-0.2, -0.15) is 5.26 Å². The molecule has 2 heterocycles. The van der Waals surface area contributed by atoms with Crippen molar-refractivity contribution in [1.82, 2.24) is 4.98 Å². The molecular formula is C12H14N4O3S. The van der Waals surface area contributed by atoms with Crippen molar-refractivity contribution in [2.75, 3.05) is 17.2 Å². The van der Waals surface area contributed by atoms with Crippen LogP contribution < -0.4 is 10.0 Å². The largest absolute Gasteiger partial charge is 0.295 e. The zero-order chi connectivity index (χ0) is 14.9. The Morgan fingerprint density at radius 2 is 2.30 bits per heavy atom. The number of hydrogen-bond donors (Lipinski definition) is 1. The predicted molar refractivity (Wildman–Crippen MR) is 72.1 cm³/mol. The van der Waals surface area contributed by atoms with Crippen LogP contribution in [0.4, 0.5) is 5.82 Å². The SMILES string of the molecule is Cc1ccnc(N2CC(CS(N)(=O)=O)CC2=O)c1C#N. The molecule has 1 unspecified atom stereocenters. The van der Waals surface area contributed by atoms with E-state index in [1.54, 1.807) is 13.0 Å². The molecule has 0 aliphatic carbocycles. The van der Waals surface area contributed by atoms with Crippen molar-refractivity contribution >= 4 is 21.7 Å². The number of aryl methyl sites for hydroxylation is 1. The zero-order valence-corrected chi connectivity index (χ0v) is 11.7. The van der Waals surface area contributed by atoms with Gasteiger partial charge in [-0.15, -0.1) is 0 Å². The smallest absolute Gasteiger partial charge is 0.228 e. The van der Waals surface area contributed by atoms with E-state index in [0.717, 1.165) is 5.56 Å². The second kappa shape index (κ2) is 5.19. The summed E-state index contributed by atoms with van der Waals surface area (Å²) in [7, 11) is -3.62. The van der Waals surface area contributed by atoms with Crippen LogP contribution in [0.15, 0.2) is 12.3 Å². The minimum absolute atomic E-state index is 0.0942. The van der Waals surface area contributed by atoms with E-state index < -0.39 is 10.0 Å². The van der Waals surface area contributed by atoms with Crippen LogP contribution in [0.3, 0.4) is 0 Å². The second-order valence-electron chi connectivity index (χ2n) is 4.84. The lowest BCUT2D eigenvalue weighted by Gasteiger charge is -2.17. The van der Waals surface area contributed by atoms with Gasteiger partial charge in [0.1, 0.15) is 6.07 Å². The molecule has 0 aromatic carbocycles. The van der Waals surface area contributed by atoms with Crippen LogP contribution in [0.5, 0.6) is 0 Å². The number of hydrogen-bond acceptors (Lipinski definition) is 5. The van der Waals surface area contributed by atoms with Crippen LogP contribution in [0.1, 0.15) is 17.5 Å². The molecule has 0 radical (unpaired) electrons. The van der Waals surface area contributed by atoms with Gasteiger partial charge in [0.15, 0.2) is 5.82 Å². The standard InChI is InChI=1S/C12H14N4O3S/c1-8-2-3-15-12(10(8)5-13)16-6-9(4-11(16)17)7-20(14,18)19/h2-3,9H,4,6-7H2,1H3,(H2,14,18,19). The lowest BCUT2D eigenvalue weighted by atomic mass is 10.1. The number of carbonyl (C=O) groups excluding carboxylic acids is 1. The van der Waals surface area contributed by atoms with E-state index in [0.29, 0.717) is 5.56 Å². The van der Waals surface area contributed by atoms with Gasteiger partial charge in [-0.3, -0.25) is 9.69 Å². The van der Waals surface area contributed by atoms with Gasteiger partial charge in [0.25, 0.3) is 0 Å². The molecule has 2 N–H and O–H groups in total. The molecule has 1 aromatic rings. The van der Waals surface area contributed by atoms with Gasteiger partial charge in [-0.25, -0.2) is 18.5 Å². The maximum Gasteiger partial charge on any atom is 0.228 e. The molecular weight excluding hydrogens is 280 g/mol. The van der Waals surface area contributed by atoms with Gasteiger partial charge in [0, 0.05) is 25.1 Å². The van der Waals surface area contributed by atoms with Crippen LogP contribution >= 0.6 is 0 Å². The normalized spacial score (nSPS) is 19.1. The van der Waals surface area contributed by atoms with Crippen molar-refractivity contribution in [1.29, 1.82) is 5.26 Å². The highest BCUT2D eigenvalue weighted by atomic mass is 32.2. The highest BCUT2D eigenvalue weighted by molar-refractivity contribution is 7.89. The molecule has 1 fully saturated rings. The van der Waals surface area contributed by atoms with Crippen molar-refractivity contribution in [3.8, 4) is 6.07 Å². The lowest BCUT2D eigenvalue weighted by Crippen LogP contribution is -2.28. The summed E-state index contributed by atoms with van der Waals surface area (Å²) in [6.07, 6.45) is 1.61. The van der Waals surface area contributed by atoms with Gasteiger partial charge < -0.3 is 0 Å². The Hall–Kier alpha value is -1.98. The molecule has 1 aliphatic heterocycles. The monoisotopic (exact) mass is 294 g/mol. The maximum absolute atomic E-state index is 12.0. The first-order valence-electron chi connectivity index (χ1n) is 5.98. The highest BCUT2D eigenvalue weighted by Crippen LogP contribution is 2.27. The Morgan fingerprint density at radius 1 is 1.60 bits per heavy atom. The molecule has 1 aliphatic rings. The first-order chi connectivity index (χ1) is 9.31. The first-order valence-corrected chi connectivity index (χ1v) is 7.70. The summed E-state index contributed by atoms with van der Waals surface area (Å²) in [5, 5.41) is 14.2. The Morgan fingerprint density at radius 3 is 2.90 bits per heavy atom. The van der Waals surface area contributed by atoms with E-state index in [1.165, 1.54) is 11.1 Å². The van der Waals surface area contributed by atoms with Gasteiger partial charge >= 0.3 is 0 Å². The van der Waals surface area contributed by atoms with Crippen molar-refractivity contribution in [2.45, 2.75) is 13.3 Å². The quantitative estimate of drug-likeness (QED) is 0.835. The average Bonchev–Trinajstić information content (AvgIpc) is 2.67. The number of nitrogens with zero attached hydrogens (tertiary/aromatic N) is 3. The van der Waals surface area contributed by atoms with Crippen LogP contribution in [0, 0.1) is 24.2 Å². The summed E-state index contributed by atoms with van der Waals surface area (Å²) in [4.78, 5) is 17.4. The summed E-state index contributed by atoms with van der Waals surface area (Å²) in [6, 6.07) is 3.71. The first kappa shape index (κ1) is 14.4.